The Balaban J connectivity index is 2.34. The van der Waals surface area contributed by atoms with Crippen molar-refractivity contribution < 1.29 is 18.3 Å². The van der Waals surface area contributed by atoms with E-state index < -0.39 is 18.3 Å². The van der Waals surface area contributed by atoms with Crippen molar-refractivity contribution in [1.29, 1.82) is 0 Å². The van der Waals surface area contributed by atoms with Crippen LogP contribution in [0.1, 0.15) is 16.7 Å². The minimum atomic E-state index is -4.41. The van der Waals surface area contributed by atoms with Gasteiger partial charge >= 0.3 is 6.18 Å². The van der Waals surface area contributed by atoms with Crippen molar-refractivity contribution in [3.8, 4) is 0 Å². The lowest BCUT2D eigenvalue weighted by Gasteiger charge is -2.16. The largest absolute Gasteiger partial charge is 0.416 e. The van der Waals surface area contributed by atoms with Gasteiger partial charge in [-0.2, -0.15) is 13.2 Å². The molecule has 0 spiro atoms. The van der Waals surface area contributed by atoms with E-state index in [4.69, 9.17) is 0 Å². The SMILES string of the molecule is CN(C)Cc1ccccc1Sc1ccc(C(F)(F)F)cc1CO. The number of nitrogens with zero attached hydrogens (tertiary/aromatic N) is 1. The maximum Gasteiger partial charge on any atom is 0.416 e. The summed E-state index contributed by atoms with van der Waals surface area (Å²) in [5, 5.41) is 9.41. The molecule has 0 aliphatic carbocycles. The Bertz CT molecular complexity index is 671. The van der Waals surface area contributed by atoms with Crippen molar-refractivity contribution in [2.45, 2.75) is 29.1 Å². The molecule has 0 saturated heterocycles. The second-order valence-corrected chi connectivity index (χ2v) is 6.51. The highest BCUT2D eigenvalue weighted by Crippen LogP contribution is 2.37. The summed E-state index contributed by atoms with van der Waals surface area (Å²) in [6.45, 7) is 0.306. The summed E-state index contributed by atoms with van der Waals surface area (Å²) in [6.07, 6.45) is -4.41. The van der Waals surface area contributed by atoms with Gasteiger partial charge in [0.2, 0.25) is 0 Å². The number of rotatable bonds is 5. The molecule has 2 aromatic rings. The zero-order chi connectivity index (χ0) is 17.0. The van der Waals surface area contributed by atoms with Crippen LogP contribution in [0, 0.1) is 0 Å². The third kappa shape index (κ3) is 4.73. The van der Waals surface area contributed by atoms with Crippen molar-refractivity contribution in [3.05, 3.63) is 59.2 Å². The molecule has 6 heteroatoms. The Labute approximate surface area is 137 Å². The average molecular weight is 341 g/mol. The fourth-order valence-electron chi connectivity index (χ4n) is 2.17. The Morgan fingerprint density at radius 1 is 1.00 bits per heavy atom. The van der Waals surface area contributed by atoms with Crippen LogP contribution in [-0.4, -0.2) is 24.1 Å². The third-order valence-corrected chi connectivity index (χ3v) is 4.47. The summed E-state index contributed by atoms with van der Waals surface area (Å²) < 4.78 is 38.3. The quantitative estimate of drug-likeness (QED) is 0.871. The van der Waals surface area contributed by atoms with Gasteiger partial charge in [0, 0.05) is 16.3 Å². The van der Waals surface area contributed by atoms with E-state index in [1.807, 2.05) is 43.3 Å². The van der Waals surface area contributed by atoms with E-state index in [0.717, 1.165) is 29.1 Å². The van der Waals surface area contributed by atoms with E-state index in [1.165, 1.54) is 17.8 Å². The number of aliphatic hydroxyl groups excluding tert-OH is 1. The van der Waals surface area contributed by atoms with E-state index in [2.05, 4.69) is 0 Å². The standard InChI is InChI=1S/C17H18F3NOS/c1-21(2)10-12-5-3-4-6-15(12)23-16-8-7-14(17(18,19)20)9-13(16)11-22/h3-9,22H,10-11H2,1-2H3. The minimum Gasteiger partial charge on any atom is -0.392 e. The smallest absolute Gasteiger partial charge is 0.392 e. The molecule has 23 heavy (non-hydrogen) atoms. The normalized spacial score (nSPS) is 12.0. The zero-order valence-electron chi connectivity index (χ0n) is 12.9. The zero-order valence-corrected chi connectivity index (χ0v) is 13.7. The molecule has 1 N–H and O–H groups in total. The minimum absolute atomic E-state index is 0.282. The molecule has 0 amide bonds. The molecule has 2 nitrogen and oxygen atoms in total. The van der Waals surface area contributed by atoms with E-state index >= 15 is 0 Å². The Kier molecular flexibility index (Phi) is 5.73. The van der Waals surface area contributed by atoms with Crippen molar-refractivity contribution in [2.75, 3.05) is 14.1 Å². The fourth-order valence-corrected chi connectivity index (χ4v) is 3.21. The van der Waals surface area contributed by atoms with Gasteiger partial charge in [0.25, 0.3) is 0 Å². The van der Waals surface area contributed by atoms with Crippen molar-refractivity contribution in [3.63, 3.8) is 0 Å². The summed E-state index contributed by atoms with van der Waals surface area (Å²) >= 11 is 1.37. The molecular formula is C17H18F3NOS. The van der Waals surface area contributed by atoms with Gasteiger partial charge in [0.1, 0.15) is 0 Å². The van der Waals surface area contributed by atoms with Crippen LogP contribution in [0.2, 0.25) is 0 Å². The lowest BCUT2D eigenvalue weighted by atomic mass is 10.1. The molecule has 0 bridgehead atoms. The number of alkyl halides is 3. The van der Waals surface area contributed by atoms with E-state index in [9.17, 15) is 18.3 Å². The molecule has 0 saturated carbocycles. The second kappa shape index (κ2) is 7.38. The van der Waals surface area contributed by atoms with Crippen molar-refractivity contribution >= 4 is 11.8 Å². The summed E-state index contributed by atoms with van der Waals surface area (Å²) in [5.41, 5.74) is 0.628. The van der Waals surface area contributed by atoms with Crippen LogP contribution in [0.3, 0.4) is 0 Å². The van der Waals surface area contributed by atoms with E-state index in [0.29, 0.717) is 4.90 Å². The number of hydrogen-bond acceptors (Lipinski definition) is 3. The van der Waals surface area contributed by atoms with E-state index in [1.54, 1.807) is 0 Å². The molecule has 0 fully saturated rings. The highest BCUT2D eigenvalue weighted by molar-refractivity contribution is 7.99. The van der Waals surface area contributed by atoms with Gasteiger partial charge in [-0.15, -0.1) is 0 Å². The van der Waals surface area contributed by atoms with Crippen LogP contribution >= 0.6 is 11.8 Å². The lowest BCUT2D eigenvalue weighted by molar-refractivity contribution is -0.137. The average Bonchev–Trinajstić information content (AvgIpc) is 2.48. The van der Waals surface area contributed by atoms with Gasteiger partial charge in [0.15, 0.2) is 0 Å². The first-order valence-electron chi connectivity index (χ1n) is 7.02. The molecule has 0 aliphatic rings. The van der Waals surface area contributed by atoms with Crippen molar-refractivity contribution in [2.24, 2.45) is 0 Å². The Hall–Kier alpha value is -1.50. The lowest BCUT2D eigenvalue weighted by Crippen LogP contribution is -2.11. The summed E-state index contributed by atoms with van der Waals surface area (Å²) in [7, 11) is 3.91. The maximum absolute atomic E-state index is 12.8. The molecular weight excluding hydrogens is 323 g/mol. The van der Waals surface area contributed by atoms with Gasteiger partial charge in [0.05, 0.1) is 12.2 Å². The Morgan fingerprint density at radius 3 is 2.26 bits per heavy atom. The van der Waals surface area contributed by atoms with Crippen LogP contribution in [0.5, 0.6) is 0 Å². The van der Waals surface area contributed by atoms with Gasteiger partial charge in [-0.25, -0.2) is 0 Å². The van der Waals surface area contributed by atoms with Gasteiger partial charge in [-0.3, -0.25) is 0 Å². The van der Waals surface area contributed by atoms with Gasteiger partial charge < -0.3 is 10.0 Å². The van der Waals surface area contributed by atoms with Gasteiger partial charge in [-0.05, 0) is 49.5 Å². The number of benzene rings is 2. The van der Waals surface area contributed by atoms with Crippen LogP contribution in [0.15, 0.2) is 52.3 Å². The summed E-state index contributed by atoms with van der Waals surface area (Å²) in [6, 6.07) is 11.2. The molecule has 2 rings (SSSR count). The molecule has 0 atom stereocenters. The first kappa shape index (κ1) is 17.8. The number of halogens is 3. The molecule has 0 aromatic heterocycles. The summed E-state index contributed by atoms with van der Waals surface area (Å²) in [4.78, 5) is 3.63. The number of hydrogen-bond donors (Lipinski definition) is 1. The van der Waals surface area contributed by atoms with Crippen LogP contribution in [0.4, 0.5) is 13.2 Å². The number of aliphatic hydroxyl groups is 1. The predicted molar refractivity (Wildman–Crippen MR) is 85.3 cm³/mol. The summed E-state index contributed by atoms with van der Waals surface area (Å²) in [5.74, 6) is 0. The molecule has 0 heterocycles. The highest BCUT2D eigenvalue weighted by atomic mass is 32.2. The van der Waals surface area contributed by atoms with Crippen molar-refractivity contribution in [1.82, 2.24) is 4.90 Å². The maximum atomic E-state index is 12.8. The van der Waals surface area contributed by atoms with E-state index in [-0.39, 0.29) is 5.56 Å². The third-order valence-electron chi connectivity index (χ3n) is 3.24. The molecule has 124 valence electrons. The van der Waals surface area contributed by atoms with Crippen LogP contribution in [-0.2, 0) is 19.3 Å². The van der Waals surface area contributed by atoms with Crippen LogP contribution < -0.4 is 0 Å². The Morgan fingerprint density at radius 2 is 1.65 bits per heavy atom. The first-order valence-corrected chi connectivity index (χ1v) is 7.84. The second-order valence-electron chi connectivity index (χ2n) is 5.43. The predicted octanol–water partition coefficient (Wildman–Crippen LogP) is 4.41. The molecule has 0 aliphatic heterocycles. The van der Waals surface area contributed by atoms with Crippen LogP contribution in [0.25, 0.3) is 0 Å². The molecule has 0 unspecified atom stereocenters. The highest BCUT2D eigenvalue weighted by Gasteiger charge is 2.31. The van der Waals surface area contributed by atoms with Gasteiger partial charge in [-0.1, -0.05) is 30.0 Å². The molecule has 0 radical (unpaired) electrons. The molecule has 2 aromatic carbocycles. The fraction of sp³-hybridized carbons (Fsp3) is 0.294. The monoisotopic (exact) mass is 341 g/mol. The topological polar surface area (TPSA) is 23.5 Å². The first-order chi connectivity index (χ1) is 10.8.